The molecular weight excluding hydrogens is 221 g/mol. The van der Waals surface area contributed by atoms with Crippen LogP contribution in [0.4, 0.5) is 13.2 Å². The molecule has 1 N–H and O–H groups in total. The van der Waals surface area contributed by atoms with Gasteiger partial charge in [-0.25, -0.2) is 0 Å². The Morgan fingerprint density at radius 1 is 1.25 bits per heavy atom. The van der Waals surface area contributed by atoms with Gasteiger partial charge < -0.3 is 9.84 Å². The highest BCUT2D eigenvalue weighted by molar-refractivity contribution is 4.73. The van der Waals surface area contributed by atoms with E-state index in [1.165, 1.54) is 13.3 Å². The summed E-state index contributed by atoms with van der Waals surface area (Å²) in [5.74, 6) is 0.358. The van der Waals surface area contributed by atoms with E-state index in [0.717, 1.165) is 25.7 Å². The highest BCUT2D eigenvalue weighted by Gasteiger charge is 2.42. The molecule has 1 rings (SSSR count). The Bertz CT molecular complexity index is 200. The summed E-state index contributed by atoms with van der Waals surface area (Å²) in [6, 6.07) is 0. The Morgan fingerprint density at radius 2 is 1.81 bits per heavy atom. The molecule has 0 amide bonds. The van der Waals surface area contributed by atoms with Gasteiger partial charge in [0.15, 0.2) is 6.10 Å². The molecule has 0 bridgehead atoms. The molecular formula is C11H19F3O2. The average Bonchev–Trinajstić information content (AvgIpc) is 2.25. The van der Waals surface area contributed by atoms with Crippen LogP contribution in [0.25, 0.3) is 0 Å². The van der Waals surface area contributed by atoms with Gasteiger partial charge in [-0.15, -0.1) is 0 Å². The Balaban J connectivity index is 2.25. The third-order valence-corrected chi connectivity index (χ3v) is 3.10. The van der Waals surface area contributed by atoms with Crippen molar-refractivity contribution in [1.29, 1.82) is 0 Å². The summed E-state index contributed by atoms with van der Waals surface area (Å²) in [6.07, 6.45) is -2.64. The van der Waals surface area contributed by atoms with Crippen LogP contribution in [0.15, 0.2) is 0 Å². The fourth-order valence-corrected chi connectivity index (χ4v) is 2.00. The van der Waals surface area contributed by atoms with Crippen LogP contribution in [0.1, 0.15) is 39.0 Å². The Hall–Kier alpha value is -0.290. The van der Waals surface area contributed by atoms with Gasteiger partial charge in [-0.1, -0.05) is 19.3 Å². The molecule has 0 radical (unpaired) electrons. The van der Waals surface area contributed by atoms with Gasteiger partial charge in [0, 0.05) is 6.61 Å². The fraction of sp³-hybridized carbons (Fsp3) is 1.00. The molecule has 1 aliphatic rings. The van der Waals surface area contributed by atoms with Gasteiger partial charge in [0.1, 0.15) is 0 Å². The number of hydrogen-bond acceptors (Lipinski definition) is 2. The molecule has 0 heterocycles. The molecule has 0 aromatic heterocycles. The maximum absolute atomic E-state index is 12.1. The number of halogens is 3. The molecule has 16 heavy (non-hydrogen) atoms. The summed E-state index contributed by atoms with van der Waals surface area (Å²) in [5, 5.41) is 8.93. The lowest BCUT2D eigenvalue weighted by molar-refractivity contribution is -0.235. The van der Waals surface area contributed by atoms with E-state index in [0.29, 0.717) is 12.5 Å². The van der Waals surface area contributed by atoms with E-state index in [9.17, 15) is 13.2 Å². The molecule has 0 saturated heterocycles. The average molecular weight is 240 g/mol. The molecule has 0 aromatic carbocycles. The second kappa shape index (κ2) is 5.87. The molecule has 1 saturated carbocycles. The zero-order chi connectivity index (χ0) is 12.2. The third kappa shape index (κ3) is 4.29. The van der Waals surface area contributed by atoms with E-state index in [1.807, 2.05) is 0 Å². The van der Waals surface area contributed by atoms with E-state index < -0.39 is 18.4 Å². The molecule has 1 fully saturated rings. The minimum Gasteiger partial charge on any atom is -0.381 e. The number of aliphatic hydroxyl groups excluding tert-OH is 1. The molecule has 2 nitrogen and oxygen atoms in total. The lowest BCUT2D eigenvalue weighted by Crippen LogP contribution is -2.40. The van der Waals surface area contributed by atoms with Crippen LogP contribution in [-0.4, -0.2) is 30.1 Å². The predicted molar refractivity (Wildman–Crippen MR) is 54.1 cm³/mol. The van der Waals surface area contributed by atoms with Crippen LogP contribution in [0, 0.1) is 5.92 Å². The van der Waals surface area contributed by atoms with Crippen LogP contribution in [0.2, 0.25) is 0 Å². The first-order chi connectivity index (χ1) is 7.41. The summed E-state index contributed by atoms with van der Waals surface area (Å²) in [4.78, 5) is 0. The molecule has 0 unspecified atom stereocenters. The van der Waals surface area contributed by atoms with E-state index >= 15 is 0 Å². The smallest absolute Gasteiger partial charge is 0.381 e. The molecule has 1 aliphatic carbocycles. The summed E-state index contributed by atoms with van der Waals surface area (Å²) in [6.45, 7) is 1.59. The predicted octanol–water partition coefficient (Wildman–Crippen LogP) is 2.90. The highest BCUT2D eigenvalue weighted by Crippen LogP contribution is 2.27. The molecule has 96 valence electrons. The molecule has 0 aromatic rings. The Morgan fingerprint density at radius 3 is 2.31 bits per heavy atom. The number of alkyl halides is 3. The van der Waals surface area contributed by atoms with Crippen molar-refractivity contribution in [3.63, 3.8) is 0 Å². The fourth-order valence-electron chi connectivity index (χ4n) is 2.00. The van der Waals surface area contributed by atoms with Gasteiger partial charge in [0.25, 0.3) is 0 Å². The monoisotopic (exact) mass is 240 g/mol. The van der Waals surface area contributed by atoms with Gasteiger partial charge in [0.2, 0.25) is 0 Å². The minimum absolute atomic E-state index is 0.328. The van der Waals surface area contributed by atoms with Crippen molar-refractivity contribution in [3.8, 4) is 0 Å². The maximum Gasteiger partial charge on any atom is 0.416 e. The molecule has 0 spiro atoms. The second-order valence-corrected chi connectivity index (χ2v) is 4.53. The second-order valence-electron chi connectivity index (χ2n) is 4.53. The van der Waals surface area contributed by atoms with E-state index in [1.54, 1.807) is 0 Å². The van der Waals surface area contributed by atoms with Crippen molar-refractivity contribution >= 4 is 0 Å². The van der Waals surface area contributed by atoms with Crippen LogP contribution >= 0.6 is 0 Å². The first-order valence-electron chi connectivity index (χ1n) is 5.77. The minimum atomic E-state index is -4.59. The van der Waals surface area contributed by atoms with Gasteiger partial charge in [-0.05, 0) is 25.7 Å². The van der Waals surface area contributed by atoms with Crippen LogP contribution in [0.5, 0.6) is 0 Å². The summed E-state index contributed by atoms with van der Waals surface area (Å²) in [5.41, 5.74) is 0. The van der Waals surface area contributed by atoms with Crippen molar-refractivity contribution in [1.82, 2.24) is 0 Å². The van der Waals surface area contributed by atoms with E-state index in [-0.39, 0.29) is 0 Å². The normalized spacial score (nSPS) is 23.1. The van der Waals surface area contributed by atoms with Crippen molar-refractivity contribution in [3.05, 3.63) is 0 Å². The number of hydrogen-bond donors (Lipinski definition) is 1. The van der Waals surface area contributed by atoms with Crippen molar-refractivity contribution in [2.45, 2.75) is 57.4 Å². The van der Waals surface area contributed by atoms with Gasteiger partial charge in [-0.2, -0.15) is 13.2 Å². The molecule has 2 atom stereocenters. The van der Waals surface area contributed by atoms with Gasteiger partial charge >= 0.3 is 6.18 Å². The molecule has 5 heteroatoms. The first-order valence-corrected chi connectivity index (χ1v) is 5.77. The van der Waals surface area contributed by atoms with Gasteiger partial charge in [0.05, 0.1) is 6.10 Å². The third-order valence-electron chi connectivity index (χ3n) is 3.10. The van der Waals surface area contributed by atoms with E-state index in [2.05, 4.69) is 0 Å². The molecule has 0 aliphatic heterocycles. The van der Waals surface area contributed by atoms with Crippen molar-refractivity contribution < 1.29 is 23.0 Å². The van der Waals surface area contributed by atoms with E-state index in [4.69, 9.17) is 9.84 Å². The highest BCUT2D eigenvalue weighted by atomic mass is 19.4. The largest absolute Gasteiger partial charge is 0.416 e. The summed E-state index contributed by atoms with van der Waals surface area (Å²) < 4.78 is 41.5. The zero-order valence-corrected chi connectivity index (χ0v) is 9.46. The lowest BCUT2D eigenvalue weighted by Gasteiger charge is -2.26. The SMILES string of the molecule is C[C@H](OCC1CCCCC1)[C@H](O)C(F)(F)F. The topological polar surface area (TPSA) is 29.5 Å². The van der Waals surface area contributed by atoms with Gasteiger partial charge in [-0.3, -0.25) is 0 Å². The summed E-state index contributed by atoms with van der Waals surface area (Å²) in [7, 11) is 0. The zero-order valence-electron chi connectivity index (χ0n) is 9.46. The quantitative estimate of drug-likeness (QED) is 0.818. The number of ether oxygens (including phenoxy) is 1. The lowest BCUT2D eigenvalue weighted by atomic mass is 9.90. The first kappa shape index (κ1) is 13.8. The number of aliphatic hydroxyl groups is 1. The van der Waals surface area contributed by atoms with Crippen LogP contribution < -0.4 is 0 Å². The van der Waals surface area contributed by atoms with Crippen molar-refractivity contribution in [2.24, 2.45) is 5.92 Å². The standard InChI is InChI=1S/C11H19F3O2/c1-8(10(15)11(12,13)14)16-7-9-5-3-2-4-6-9/h8-10,15H,2-7H2,1H3/t8-,10-/m0/s1. The Labute approximate surface area is 93.8 Å². The van der Waals surface area contributed by atoms with Crippen LogP contribution in [-0.2, 0) is 4.74 Å². The van der Waals surface area contributed by atoms with Crippen LogP contribution in [0.3, 0.4) is 0 Å². The number of rotatable bonds is 4. The Kier molecular flexibility index (Phi) is 5.05. The van der Waals surface area contributed by atoms with Crippen molar-refractivity contribution in [2.75, 3.05) is 6.61 Å². The summed E-state index contributed by atoms with van der Waals surface area (Å²) >= 11 is 0. The maximum atomic E-state index is 12.1.